The molecule has 0 atom stereocenters. The molecule has 0 aliphatic carbocycles. The number of halogens is 1. The Morgan fingerprint density at radius 2 is 2.00 bits per heavy atom. The van der Waals surface area contributed by atoms with Crippen molar-refractivity contribution in [2.45, 2.75) is 25.5 Å². The lowest BCUT2D eigenvalue weighted by Gasteiger charge is -2.29. The largest absolute Gasteiger partial charge is 0.218 e. The van der Waals surface area contributed by atoms with Crippen LogP contribution in [0.1, 0.15) is 25.3 Å². The fourth-order valence-corrected chi connectivity index (χ4v) is 3.96. The standard InChI is InChI=1S/C13H18ClNO2S/c1-11-5-7-15(8-6-11)18(16,17)10-12-3-2-4-13(14)9-12/h2-4,9,11H,5-8,10H2,1H3. The molecule has 18 heavy (non-hydrogen) atoms. The van der Waals surface area contributed by atoms with Crippen LogP contribution in [0.25, 0.3) is 0 Å². The highest BCUT2D eigenvalue weighted by Gasteiger charge is 2.26. The van der Waals surface area contributed by atoms with E-state index in [1.165, 1.54) is 0 Å². The Balaban J connectivity index is 2.08. The highest BCUT2D eigenvalue weighted by molar-refractivity contribution is 7.88. The number of piperidine rings is 1. The molecule has 0 bridgehead atoms. The Hall–Kier alpha value is -0.580. The molecule has 0 unspecified atom stereocenters. The second kappa shape index (κ2) is 5.59. The molecule has 5 heteroatoms. The van der Waals surface area contributed by atoms with E-state index in [9.17, 15) is 8.42 Å². The number of hydrogen-bond donors (Lipinski definition) is 0. The molecule has 1 aromatic carbocycles. The predicted octanol–water partition coefficient (Wildman–Crippen LogP) is 2.90. The van der Waals surface area contributed by atoms with Crippen molar-refractivity contribution < 1.29 is 8.42 Å². The van der Waals surface area contributed by atoms with E-state index in [4.69, 9.17) is 11.6 Å². The lowest BCUT2D eigenvalue weighted by molar-refractivity contribution is 0.287. The first kappa shape index (κ1) is 13.8. The Labute approximate surface area is 114 Å². The third-order valence-electron chi connectivity index (χ3n) is 3.37. The number of nitrogens with zero attached hydrogens (tertiary/aromatic N) is 1. The van der Waals surface area contributed by atoms with Crippen molar-refractivity contribution in [3.05, 3.63) is 34.9 Å². The lowest BCUT2D eigenvalue weighted by atomic mass is 10.0. The summed E-state index contributed by atoms with van der Waals surface area (Å²) in [5.74, 6) is 0.671. The average molecular weight is 288 g/mol. The van der Waals surface area contributed by atoms with Crippen molar-refractivity contribution in [1.82, 2.24) is 4.31 Å². The summed E-state index contributed by atoms with van der Waals surface area (Å²) in [5.41, 5.74) is 0.751. The predicted molar refractivity (Wildman–Crippen MR) is 74.0 cm³/mol. The summed E-state index contributed by atoms with van der Waals surface area (Å²) < 4.78 is 26.1. The van der Waals surface area contributed by atoms with E-state index in [0.717, 1.165) is 18.4 Å². The van der Waals surface area contributed by atoms with E-state index in [-0.39, 0.29) is 5.75 Å². The molecule has 2 rings (SSSR count). The maximum Gasteiger partial charge on any atom is 0.218 e. The number of rotatable bonds is 3. The lowest BCUT2D eigenvalue weighted by Crippen LogP contribution is -2.38. The molecular weight excluding hydrogens is 270 g/mol. The fraction of sp³-hybridized carbons (Fsp3) is 0.538. The first-order valence-corrected chi connectivity index (χ1v) is 8.18. The number of benzene rings is 1. The summed E-state index contributed by atoms with van der Waals surface area (Å²) in [6, 6.07) is 7.05. The summed E-state index contributed by atoms with van der Waals surface area (Å²) in [7, 11) is -3.20. The van der Waals surface area contributed by atoms with Crippen LogP contribution in [-0.2, 0) is 15.8 Å². The van der Waals surface area contributed by atoms with Crippen LogP contribution in [0.2, 0.25) is 5.02 Å². The van der Waals surface area contributed by atoms with Gasteiger partial charge < -0.3 is 0 Å². The Kier molecular flexibility index (Phi) is 4.30. The maximum atomic E-state index is 12.3. The van der Waals surface area contributed by atoms with Crippen LogP contribution in [0.15, 0.2) is 24.3 Å². The third kappa shape index (κ3) is 3.46. The van der Waals surface area contributed by atoms with Gasteiger partial charge in [-0.15, -0.1) is 0 Å². The van der Waals surface area contributed by atoms with Gasteiger partial charge >= 0.3 is 0 Å². The minimum atomic E-state index is -3.20. The van der Waals surface area contributed by atoms with E-state index >= 15 is 0 Å². The van der Waals surface area contributed by atoms with Gasteiger partial charge in [0.15, 0.2) is 0 Å². The van der Waals surface area contributed by atoms with Crippen LogP contribution < -0.4 is 0 Å². The normalized spacial score (nSPS) is 19.0. The van der Waals surface area contributed by atoms with Gasteiger partial charge in [-0.05, 0) is 36.5 Å². The average Bonchev–Trinajstić information content (AvgIpc) is 2.29. The third-order valence-corrected chi connectivity index (χ3v) is 5.46. The van der Waals surface area contributed by atoms with Crippen LogP contribution in [0.4, 0.5) is 0 Å². The summed E-state index contributed by atoms with van der Waals surface area (Å²) >= 11 is 5.87. The highest BCUT2D eigenvalue weighted by Crippen LogP contribution is 2.21. The van der Waals surface area contributed by atoms with Gasteiger partial charge in [-0.25, -0.2) is 12.7 Å². The summed E-state index contributed by atoms with van der Waals surface area (Å²) in [6.07, 6.45) is 1.91. The molecule has 0 amide bonds. The molecule has 1 aromatic rings. The molecule has 0 N–H and O–H groups in total. The minimum Gasteiger partial charge on any atom is -0.212 e. The van der Waals surface area contributed by atoms with Crippen molar-refractivity contribution in [3.63, 3.8) is 0 Å². The van der Waals surface area contributed by atoms with Crippen LogP contribution in [0, 0.1) is 5.92 Å². The summed E-state index contributed by atoms with van der Waals surface area (Å²) in [6.45, 7) is 3.45. The van der Waals surface area contributed by atoms with E-state index in [0.29, 0.717) is 24.0 Å². The molecule has 0 spiro atoms. The van der Waals surface area contributed by atoms with Crippen molar-refractivity contribution in [2.24, 2.45) is 5.92 Å². The monoisotopic (exact) mass is 287 g/mol. The second-order valence-corrected chi connectivity index (χ2v) is 7.37. The minimum absolute atomic E-state index is 0.0436. The number of hydrogen-bond acceptors (Lipinski definition) is 2. The first-order chi connectivity index (χ1) is 8.47. The zero-order valence-electron chi connectivity index (χ0n) is 10.5. The van der Waals surface area contributed by atoms with Crippen LogP contribution in [-0.4, -0.2) is 25.8 Å². The Morgan fingerprint density at radius 1 is 1.33 bits per heavy atom. The second-order valence-electron chi connectivity index (χ2n) is 4.97. The molecule has 1 fully saturated rings. The Bertz CT molecular complexity index is 507. The summed E-state index contributed by atoms with van der Waals surface area (Å²) in [5, 5.41) is 0.579. The molecule has 0 saturated carbocycles. The highest BCUT2D eigenvalue weighted by atomic mass is 35.5. The van der Waals surface area contributed by atoms with Gasteiger partial charge in [0.25, 0.3) is 0 Å². The smallest absolute Gasteiger partial charge is 0.212 e. The van der Waals surface area contributed by atoms with Gasteiger partial charge in [0.2, 0.25) is 10.0 Å². The van der Waals surface area contributed by atoms with Gasteiger partial charge in [-0.1, -0.05) is 30.7 Å². The Morgan fingerprint density at radius 3 is 2.61 bits per heavy atom. The van der Waals surface area contributed by atoms with Crippen molar-refractivity contribution in [2.75, 3.05) is 13.1 Å². The molecule has 1 aliphatic heterocycles. The molecular formula is C13H18ClNO2S. The van der Waals surface area contributed by atoms with Gasteiger partial charge in [-0.3, -0.25) is 0 Å². The molecule has 3 nitrogen and oxygen atoms in total. The molecule has 0 aromatic heterocycles. The quantitative estimate of drug-likeness (QED) is 0.857. The molecule has 0 radical (unpaired) electrons. The SMILES string of the molecule is CC1CCN(S(=O)(=O)Cc2cccc(Cl)c2)CC1. The van der Waals surface area contributed by atoms with E-state index < -0.39 is 10.0 Å². The van der Waals surface area contributed by atoms with Gasteiger partial charge in [-0.2, -0.15) is 0 Å². The van der Waals surface area contributed by atoms with Gasteiger partial charge in [0.1, 0.15) is 0 Å². The molecule has 1 heterocycles. The zero-order valence-corrected chi connectivity index (χ0v) is 12.0. The molecule has 1 saturated heterocycles. The maximum absolute atomic E-state index is 12.3. The van der Waals surface area contributed by atoms with Crippen LogP contribution in [0.5, 0.6) is 0 Å². The van der Waals surface area contributed by atoms with E-state index in [1.807, 2.05) is 0 Å². The fourth-order valence-electron chi connectivity index (χ4n) is 2.19. The van der Waals surface area contributed by atoms with Crippen molar-refractivity contribution >= 4 is 21.6 Å². The van der Waals surface area contributed by atoms with E-state index in [2.05, 4.69) is 6.92 Å². The van der Waals surface area contributed by atoms with Gasteiger partial charge in [0, 0.05) is 18.1 Å². The zero-order chi connectivity index (χ0) is 13.2. The number of sulfonamides is 1. The molecule has 1 aliphatic rings. The van der Waals surface area contributed by atoms with E-state index in [1.54, 1.807) is 28.6 Å². The van der Waals surface area contributed by atoms with Crippen LogP contribution >= 0.6 is 11.6 Å². The first-order valence-electron chi connectivity index (χ1n) is 6.19. The molecule has 100 valence electrons. The van der Waals surface area contributed by atoms with Crippen LogP contribution in [0.3, 0.4) is 0 Å². The van der Waals surface area contributed by atoms with Crippen molar-refractivity contribution in [3.8, 4) is 0 Å². The van der Waals surface area contributed by atoms with Gasteiger partial charge in [0.05, 0.1) is 5.75 Å². The topological polar surface area (TPSA) is 37.4 Å². The summed E-state index contributed by atoms with van der Waals surface area (Å²) in [4.78, 5) is 0. The van der Waals surface area contributed by atoms with Crippen molar-refractivity contribution in [1.29, 1.82) is 0 Å².